The van der Waals surface area contributed by atoms with E-state index in [2.05, 4.69) is 11.5 Å². The number of amides is 2. The maximum Gasteiger partial charge on any atom is 0.316 e. The number of hydrogen-bond acceptors (Lipinski definition) is 3. The van der Waals surface area contributed by atoms with Crippen LogP contribution in [0.25, 0.3) is 0 Å². The van der Waals surface area contributed by atoms with Crippen molar-refractivity contribution in [2.45, 2.75) is 6.42 Å². The third-order valence-electron chi connectivity index (χ3n) is 1.05. The molecule has 0 aliphatic carbocycles. The Balaban J connectivity index is 4.23. The van der Waals surface area contributed by atoms with Gasteiger partial charge in [0.25, 0.3) is 0 Å². The molecule has 6 heteroatoms. The molecule has 0 aliphatic rings. The van der Waals surface area contributed by atoms with Gasteiger partial charge in [0.05, 0.1) is 0 Å². The van der Waals surface area contributed by atoms with E-state index in [1.165, 1.54) is 0 Å². The van der Waals surface area contributed by atoms with Crippen LogP contribution in [0.2, 0.25) is 0 Å². The summed E-state index contributed by atoms with van der Waals surface area (Å²) >= 11 is 0. The first-order valence-electron chi connectivity index (χ1n) is 2.75. The predicted molar refractivity (Wildman–Crippen MR) is 34.1 cm³/mol. The van der Waals surface area contributed by atoms with Crippen molar-refractivity contribution >= 4 is 17.8 Å². The Kier molecular flexibility index (Phi) is 3.03. The molecule has 0 heterocycles. The molecule has 5 N–H and O–H groups in total. The zero-order valence-corrected chi connectivity index (χ0v) is 5.61. The fourth-order valence-electron chi connectivity index (χ4n) is 0.511. The summed E-state index contributed by atoms with van der Waals surface area (Å²) in [5.74, 6) is -4.86. The second kappa shape index (κ2) is 3.55. The summed E-state index contributed by atoms with van der Waals surface area (Å²) in [4.78, 5) is 30.6. The molecule has 0 fully saturated rings. The van der Waals surface area contributed by atoms with E-state index >= 15 is 0 Å². The van der Waals surface area contributed by atoms with Gasteiger partial charge in [0.2, 0.25) is 11.8 Å². The van der Waals surface area contributed by atoms with Gasteiger partial charge in [-0.2, -0.15) is 0 Å². The van der Waals surface area contributed by atoms with Gasteiger partial charge < -0.3 is 16.6 Å². The first-order valence-corrected chi connectivity index (χ1v) is 2.75. The average Bonchev–Trinajstić information content (AvgIpc) is 1.81. The maximum atomic E-state index is 10.3. The molecular weight excluding hydrogens is 152 g/mol. The minimum absolute atomic E-state index is 0.551. The molecule has 0 aromatic heterocycles. The lowest BCUT2D eigenvalue weighted by atomic mass is 10.1. The summed E-state index contributed by atoms with van der Waals surface area (Å²) in [6, 6.07) is 0. The molecule has 0 aromatic rings. The summed E-state index contributed by atoms with van der Waals surface area (Å²) in [5.41, 5.74) is 9.32. The van der Waals surface area contributed by atoms with Crippen LogP contribution in [0.1, 0.15) is 6.42 Å². The topological polar surface area (TPSA) is 123 Å². The predicted octanol–water partition coefficient (Wildman–Crippen LogP) is -1.95. The molecule has 0 rings (SSSR count). The second-order valence-electron chi connectivity index (χ2n) is 1.96. The van der Waals surface area contributed by atoms with E-state index < -0.39 is 30.1 Å². The summed E-state index contributed by atoms with van der Waals surface area (Å²) in [5, 5.41) is 8.28. The largest absolute Gasteiger partial charge is 0.481 e. The smallest absolute Gasteiger partial charge is 0.316 e. The van der Waals surface area contributed by atoms with Crippen molar-refractivity contribution in [2.75, 3.05) is 0 Å². The molecule has 1 atom stereocenters. The van der Waals surface area contributed by atoms with Crippen molar-refractivity contribution in [1.82, 2.24) is 0 Å². The number of hydrogen-bond donors (Lipinski definition) is 3. The first-order chi connectivity index (χ1) is 4.95. The van der Waals surface area contributed by atoms with Crippen LogP contribution in [-0.2, 0) is 14.4 Å². The van der Waals surface area contributed by atoms with E-state index in [0.717, 1.165) is 0 Å². The lowest BCUT2D eigenvalue weighted by molar-refractivity contribution is -0.148. The fraction of sp³-hybridized carbons (Fsp3) is 0.400. The Hall–Kier alpha value is -1.59. The first kappa shape index (κ1) is 9.41. The van der Waals surface area contributed by atoms with Gasteiger partial charge in [-0.1, -0.05) is 0 Å². The van der Waals surface area contributed by atoms with Crippen LogP contribution < -0.4 is 11.5 Å². The molecule has 2 amide bonds. The van der Waals surface area contributed by atoms with Crippen LogP contribution in [-0.4, -0.2) is 22.9 Å². The van der Waals surface area contributed by atoms with Gasteiger partial charge >= 0.3 is 5.97 Å². The van der Waals surface area contributed by atoms with Gasteiger partial charge in [0.15, 0.2) is 0 Å². The number of carbonyl (C=O) groups is 3. The molecule has 0 bridgehead atoms. The van der Waals surface area contributed by atoms with Crippen molar-refractivity contribution in [3.05, 3.63) is 0 Å². The van der Waals surface area contributed by atoms with Crippen LogP contribution >= 0.6 is 0 Å². The highest BCUT2D eigenvalue weighted by atomic mass is 16.4. The Morgan fingerprint density at radius 1 is 1.27 bits per heavy atom. The molecule has 0 saturated heterocycles. The minimum atomic E-state index is -1.51. The van der Waals surface area contributed by atoms with Gasteiger partial charge in [-0.25, -0.2) is 0 Å². The Morgan fingerprint density at radius 3 is 1.82 bits per heavy atom. The average molecular weight is 160 g/mol. The fourth-order valence-corrected chi connectivity index (χ4v) is 0.511. The normalized spacial score (nSPS) is 12.0. The Labute approximate surface area is 62.2 Å². The van der Waals surface area contributed by atoms with Crippen LogP contribution in [0.4, 0.5) is 0 Å². The van der Waals surface area contributed by atoms with E-state index in [0.29, 0.717) is 0 Å². The highest BCUT2D eigenvalue weighted by Crippen LogP contribution is 2.00. The van der Waals surface area contributed by atoms with E-state index in [4.69, 9.17) is 5.11 Å². The van der Waals surface area contributed by atoms with E-state index in [9.17, 15) is 14.4 Å². The van der Waals surface area contributed by atoms with Gasteiger partial charge in [0, 0.05) is 6.42 Å². The van der Waals surface area contributed by atoms with Crippen LogP contribution in [0.5, 0.6) is 0 Å². The van der Waals surface area contributed by atoms with Crippen molar-refractivity contribution in [3.63, 3.8) is 0 Å². The van der Waals surface area contributed by atoms with E-state index in [-0.39, 0.29) is 0 Å². The Bertz CT molecular complexity index is 187. The quantitative estimate of drug-likeness (QED) is 0.413. The zero-order valence-electron chi connectivity index (χ0n) is 5.61. The van der Waals surface area contributed by atoms with Crippen LogP contribution in [0.3, 0.4) is 0 Å². The SMILES string of the molecule is NC(=O)CC(C(N)=O)C(=O)O. The number of carboxylic acid groups (broad SMARTS) is 1. The molecule has 62 valence electrons. The van der Waals surface area contributed by atoms with Gasteiger partial charge in [-0.15, -0.1) is 0 Å². The minimum Gasteiger partial charge on any atom is -0.481 e. The lowest BCUT2D eigenvalue weighted by Crippen LogP contribution is -2.33. The number of nitrogens with two attached hydrogens (primary N) is 2. The molecule has 0 spiro atoms. The highest BCUT2D eigenvalue weighted by Gasteiger charge is 2.25. The highest BCUT2D eigenvalue weighted by molar-refractivity contribution is 5.99. The number of rotatable bonds is 4. The number of carboxylic acids is 1. The lowest BCUT2D eigenvalue weighted by Gasteiger charge is -2.03. The third kappa shape index (κ3) is 3.19. The van der Waals surface area contributed by atoms with Crippen LogP contribution in [0, 0.1) is 5.92 Å². The number of carbonyl (C=O) groups excluding carboxylic acids is 2. The van der Waals surface area contributed by atoms with Crippen molar-refractivity contribution in [3.8, 4) is 0 Å². The van der Waals surface area contributed by atoms with Crippen molar-refractivity contribution < 1.29 is 19.5 Å². The van der Waals surface area contributed by atoms with Crippen LogP contribution in [0.15, 0.2) is 0 Å². The monoisotopic (exact) mass is 160 g/mol. The van der Waals surface area contributed by atoms with E-state index in [1.54, 1.807) is 0 Å². The number of aliphatic carboxylic acids is 1. The maximum absolute atomic E-state index is 10.3. The van der Waals surface area contributed by atoms with E-state index in [1.807, 2.05) is 0 Å². The number of primary amides is 2. The molecule has 0 radical (unpaired) electrons. The summed E-state index contributed by atoms with van der Waals surface area (Å²) in [6.45, 7) is 0. The van der Waals surface area contributed by atoms with Crippen molar-refractivity contribution in [1.29, 1.82) is 0 Å². The van der Waals surface area contributed by atoms with Crippen molar-refractivity contribution in [2.24, 2.45) is 17.4 Å². The Morgan fingerprint density at radius 2 is 1.73 bits per heavy atom. The second-order valence-corrected chi connectivity index (χ2v) is 1.96. The molecule has 0 saturated carbocycles. The van der Waals surface area contributed by atoms with Gasteiger partial charge in [-0.05, 0) is 0 Å². The standard InChI is InChI=1S/C5H8N2O4/c6-3(8)1-2(4(7)9)5(10)11/h2H,1H2,(H2,6,8)(H2,7,9)(H,10,11). The summed E-state index contributed by atoms with van der Waals surface area (Å²) < 4.78 is 0. The molecular formula is C5H8N2O4. The third-order valence-corrected chi connectivity index (χ3v) is 1.05. The summed E-state index contributed by atoms with van der Waals surface area (Å²) in [7, 11) is 0. The van der Waals surface area contributed by atoms with Gasteiger partial charge in [-0.3, -0.25) is 14.4 Å². The molecule has 6 nitrogen and oxygen atoms in total. The van der Waals surface area contributed by atoms with Gasteiger partial charge in [0.1, 0.15) is 5.92 Å². The molecule has 0 aliphatic heterocycles. The zero-order chi connectivity index (χ0) is 9.02. The molecule has 0 aromatic carbocycles. The molecule has 1 unspecified atom stereocenters. The summed E-state index contributed by atoms with van der Waals surface area (Å²) in [6.07, 6.45) is -0.551. The molecule has 11 heavy (non-hydrogen) atoms.